The number of thioether (sulfide) groups is 1. The number of carboxylic acids is 1. The summed E-state index contributed by atoms with van der Waals surface area (Å²) in [4.78, 5) is 11.5. The molecule has 0 aliphatic carbocycles. The molecule has 84 valence electrons. The van der Waals surface area contributed by atoms with Crippen LogP contribution in [0.15, 0.2) is 39.5 Å². The zero-order chi connectivity index (χ0) is 12.0. The molecule has 1 aromatic rings. The van der Waals surface area contributed by atoms with Crippen LogP contribution in [0.4, 0.5) is 0 Å². The summed E-state index contributed by atoms with van der Waals surface area (Å²) in [5.41, 5.74) is 0.253. The quantitative estimate of drug-likeness (QED) is 0.171. The van der Waals surface area contributed by atoms with E-state index in [1.165, 1.54) is 23.9 Å². The van der Waals surface area contributed by atoms with Crippen LogP contribution in [0.2, 0.25) is 0 Å². The molecule has 5 N–H and O–H groups in total. The standard InChI is InChI=1S/C9H10N4O2S/c10-8(12-13-11)5-16-7-3-1-6(2-4-7)9(14)15/h1-4H,5H2,(H,14,15)(H3,10,11,12)/p+1. The Hall–Kier alpha value is -1.89. The van der Waals surface area contributed by atoms with E-state index in [2.05, 4.69) is 10.3 Å². The second-order valence-corrected chi connectivity index (χ2v) is 3.87. The Bertz CT molecular complexity index is 416. The van der Waals surface area contributed by atoms with E-state index in [0.29, 0.717) is 11.6 Å². The van der Waals surface area contributed by atoms with E-state index in [-0.39, 0.29) is 5.56 Å². The molecule has 0 radical (unpaired) electrons. The predicted molar refractivity (Wildman–Crippen MR) is 60.1 cm³/mol. The first-order valence-corrected chi connectivity index (χ1v) is 5.30. The van der Waals surface area contributed by atoms with Crippen LogP contribution in [0, 0.1) is 0 Å². The number of rotatable bonds is 4. The molecule has 0 saturated heterocycles. The average Bonchev–Trinajstić information content (AvgIpc) is 2.27. The Morgan fingerprint density at radius 3 is 2.56 bits per heavy atom. The van der Waals surface area contributed by atoms with Gasteiger partial charge in [-0.25, -0.2) is 4.79 Å². The van der Waals surface area contributed by atoms with E-state index >= 15 is 0 Å². The second-order valence-electron chi connectivity index (χ2n) is 2.83. The van der Waals surface area contributed by atoms with E-state index in [4.69, 9.17) is 16.4 Å². The average molecular weight is 239 g/mol. The number of hydrogen-bond donors (Lipinski definition) is 3. The summed E-state index contributed by atoms with van der Waals surface area (Å²) >= 11 is 1.42. The monoisotopic (exact) mass is 239 g/mol. The molecule has 0 amide bonds. The molecule has 0 spiro atoms. The van der Waals surface area contributed by atoms with Gasteiger partial charge in [-0.3, -0.25) is 11.3 Å². The van der Waals surface area contributed by atoms with Gasteiger partial charge in [0.2, 0.25) is 0 Å². The highest BCUT2D eigenvalue weighted by Crippen LogP contribution is 2.18. The summed E-state index contributed by atoms with van der Waals surface area (Å²) in [6, 6.07) is 6.48. The van der Waals surface area contributed by atoms with Gasteiger partial charge in [0.15, 0.2) is 0 Å². The Morgan fingerprint density at radius 2 is 2.06 bits per heavy atom. The van der Waals surface area contributed by atoms with Gasteiger partial charge in [0.25, 0.3) is 0 Å². The summed E-state index contributed by atoms with van der Waals surface area (Å²) in [6.45, 7) is 0. The van der Waals surface area contributed by atoms with E-state index in [1.807, 2.05) is 0 Å². The van der Waals surface area contributed by atoms with E-state index in [1.54, 1.807) is 12.1 Å². The lowest BCUT2D eigenvalue weighted by Gasteiger charge is -1.98. The highest BCUT2D eigenvalue weighted by molar-refractivity contribution is 8.00. The molecule has 1 aromatic carbocycles. The fraction of sp³-hybridized carbons (Fsp3) is 0.111. The van der Waals surface area contributed by atoms with Crippen molar-refractivity contribution in [2.24, 2.45) is 16.2 Å². The van der Waals surface area contributed by atoms with Crippen molar-refractivity contribution in [1.82, 2.24) is 0 Å². The molecule has 7 heteroatoms. The largest absolute Gasteiger partial charge is 0.478 e. The minimum absolute atomic E-state index is 0.253. The van der Waals surface area contributed by atoms with Crippen molar-refractivity contribution in [3.8, 4) is 0 Å². The number of hydrogen-bond acceptors (Lipinski definition) is 3. The molecule has 0 fully saturated rings. The fourth-order valence-corrected chi connectivity index (χ4v) is 1.65. The summed E-state index contributed by atoms with van der Waals surface area (Å²) in [6.07, 6.45) is 0. The van der Waals surface area contributed by atoms with Crippen molar-refractivity contribution >= 4 is 23.6 Å². The number of nitrogens with zero attached hydrogens (tertiary/aromatic N) is 2. The van der Waals surface area contributed by atoms with Gasteiger partial charge in [-0.2, -0.15) is 0 Å². The molecule has 0 bridgehead atoms. The maximum Gasteiger partial charge on any atom is 0.335 e. The Labute approximate surface area is 96.0 Å². The van der Waals surface area contributed by atoms with E-state index < -0.39 is 5.97 Å². The molecule has 0 heterocycles. The van der Waals surface area contributed by atoms with Crippen molar-refractivity contribution in [2.75, 3.05) is 5.75 Å². The topological polar surface area (TPSA) is 114 Å². The number of carbonyl (C=O) groups is 1. The SMILES string of the molecule is NN=NC(=[NH2+])CSc1ccc(C(=O)O)cc1. The smallest absolute Gasteiger partial charge is 0.335 e. The normalized spacial score (nSPS) is 10.5. The molecular formula is C9H11N4O2S+. The molecule has 1 rings (SSSR count). The van der Waals surface area contributed by atoms with Gasteiger partial charge < -0.3 is 5.11 Å². The van der Waals surface area contributed by atoms with E-state index in [0.717, 1.165) is 4.90 Å². The third-order valence-corrected chi connectivity index (χ3v) is 2.72. The highest BCUT2D eigenvalue weighted by Gasteiger charge is 2.06. The van der Waals surface area contributed by atoms with Crippen LogP contribution in [-0.4, -0.2) is 22.7 Å². The van der Waals surface area contributed by atoms with Gasteiger partial charge in [-0.05, 0) is 24.3 Å². The predicted octanol–water partition coefficient (Wildman–Crippen LogP) is -0.0396. The lowest BCUT2D eigenvalue weighted by Crippen LogP contribution is -2.39. The molecule has 6 nitrogen and oxygen atoms in total. The lowest BCUT2D eigenvalue weighted by atomic mass is 10.2. The molecule has 0 saturated carbocycles. The molecule has 0 unspecified atom stereocenters. The van der Waals surface area contributed by atoms with Gasteiger partial charge in [0.1, 0.15) is 5.75 Å². The molecule has 16 heavy (non-hydrogen) atoms. The zero-order valence-electron chi connectivity index (χ0n) is 8.33. The minimum Gasteiger partial charge on any atom is -0.478 e. The Kier molecular flexibility index (Phi) is 4.46. The van der Waals surface area contributed by atoms with Gasteiger partial charge in [0, 0.05) is 10.1 Å². The molecule has 0 aliphatic rings. The molecule has 0 aromatic heterocycles. The van der Waals surface area contributed by atoms with Crippen LogP contribution in [-0.2, 0) is 0 Å². The maximum absolute atomic E-state index is 10.6. The first-order valence-electron chi connectivity index (χ1n) is 4.32. The maximum atomic E-state index is 10.6. The molecule has 0 aliphatic heterocycles. The number of aromatic carboxylic acids is 1. The van der Waals surface area contributed by atoms with Gasteiger partial charge in [-0.1, -0.05) is 0 Å². The minimum atomic E-state index is -0.945. The van der Waals surface area contributed by atoms with Crippen LogP contribution in [0.1, 0.15) is 10.4 Å². The van der Waals surface area contributed by atoms with Crippen LogP contribution in [0.25, 0.3) is 0 Å². The Morgan fingerprint density at radius 1 is 1.44 bits per heavy atom. The van der Waals surface area contributed by atoms with Crippen molar-refractivity contribution in [3.05, 3.63) is 29.8 Å². The van der Waals surface area contributed by atoms with Crippen LogP contribution in [0.3, 0.4) is 0 Å². The first-order chi connectivity index (χ1) is 7.63. The Balaban J connectivity index is 2.56. The number of benzene rings is 1. The zero-order valence-corrected chi connectivity index (χ0v) is 9.15. The summed E-state index contributed by atoms with van der Waals surface area (Å²) in [5, 5.41) is 20.7. The van der Waals surface area contributed by atoms with Gasteiger partial charge in [0.05, 0.1) is 10.7 Å². The number of carboxylic acid groups (broad SMARTS) is 1. The lowest BCUT2D eigenvalue weighted by molar-refractivity contribution is -0.115. The summed E-state index contributed by atoms with van der Waals surface area (Å²) < 4.78 is 0. The summed E-state index contributed by atoms with van der Waals surface area (Å²) in [5.74, 6) is 4.66. The van der Waals surface area contributed by atoms with Crippen LogP contribution >= 0.6 is 11.8 Å². The molecule has 0 atom stereocenters. The highest BCUT2D eigenvalue weighted by atomic mass is 32.2. The van der Waals surface area contributed by atoms with Gasteiger partial charge >= 0.3 is 11.8 Å². The van der Waals surface area contributed by atoms with E-state index in [9.17, 15) is 4.79 Å². The third-order valence-electron chi connectivity index (χ3n) is 1.67. The first kappa shape index (κ1) is 12.2. The van der Waals surface area contributed by atoms with Gasteiger partial charge in [-0.15, -0.1) is 11.8 Å². The van der Waals surface area contributed by atoms with Crippen molar-refractivity contribution in [3.63, 3.8) is 0 Å². The number of amidine groups is 1. The van der Waals surface area contributed by atoms with Crippen LogP contribution in [0.5, 0.6) is 0 Å². The third kappa shape index (κ3) is 3.70. The summed E-state index contributed by atoms with van der Waals surface area (Å²) in [7, 11) is 0. The fourth-order valence-electron chi connectivity index (χ4n) is 0.954. The van der Waals surface area contributed by atoms with Crippen molar-refractivity contribution in [2.45, 2.75) is 4.90 Å². The molecular weight excluding hydrogens is 228 g/mol. The van der Waals surface area contributed by atoms with Crippen molar-refractivity contribution < 1.29 is 15.3 Å². The van der Waals surface area contributed by atoms with Crippen LogP contribution < -0.4 is 11.3 Å². The number of nitrogens with two attached hydrogens (primary N) is 2. The second kappa shape index (κ2) is 5.86. The van der Waals surface area contributed by atoms with Crippen molar-refractivity contribution in [1.29, 1.82) is 0 Å².